The lowest BCUT2D eigenvalue weighted by Crippen LogP contribution is -2.34. The molecule has 0 aliphatic rings. The second kappa shape index (κ2) is 10.3. The van der Waals surface area contributed by atoms with Crippen molar-refractivity contribution < 1.29 is 9.72 Å². The van der Waals surface area contributed by atoms with Crippen LogP contribution in [-0.2, 0) is 19.4 Å². The van der Waals surface area contributed by atoms with Crippen molar-refractivity contribution in [3.8, 4) is 0 Å². The number of rotatable bonds is 8. The number of carbonyl (C=O) groups excluding carboxylic acids is 1. The number of nitro benzene ring substituents is 1. The third-order valence-electron chi connectivity index (χ3n) is 5.64. The molecule has 0 fully saturated rings. The first-order chi connectivity index (χ1) is 16.4. The van der Waals surface area contributed by atoms with Crippen LogP contribution in [0.15, 0.2) is 83.7 Å². The zero-order chi connectivity index (χ0) is 24.1. The molecule has 0 atom stereocenters. The molecule has 0 aliphatic carbocycles. The summed E-state index contributed by atoms with van der Waals surface area (Å²) in [5, 5.41) is 15.3. The summed E-state index contributed by atoms with van der Waals surface area (Å²) in [4.78, 5) is 37.4. The Balaban J connectivity index is 1.67. The Kier molecular flexibility index (Phi) is 7.04. The average molecular weight is 476 g/mol. The fourth-order valence-corrected chi connectivity index (χ4v) is 4.01. The van der Waals surface area contributed by atoms with Crippen molar-refractivity contribution >= 4 is 34.1 Å². The second-order valence-electron chi connectivity index (χ2n) is 7.85. The molecule has 172 valence electrons. The lowest BCUT2D eigenvalue weighted by molar-refractivity contribution is -0.383. The number of nitro groups is 1. The summed E-state index contributed by atoms with van der Waals surface area (Å²) in [5.74, 6) is -0.554. The number of hydrogen-bond donors (Lipinski definition) is 1. The summed E-state index contributed by atoms with van der Waals surface area (Å²) in [6, 6.07) is 22.8. The summed E-state index contributed by atoms with van der Waals surface area (Å²) in [5.41, 5.74) is 1.65. The van der Waals surface area contributed by atoms with E-state index >= 15 is 0 Å². The van der Waals surface area contributed by atoms with Gasteiger partial charge in [0, 0.05) is 24.2 Å². The van der Waals surface area contributed by atoms with Crippen molar-refractivity contribution in [3.63, 3.8) is 0 Å². The fraction of sp³-hybridized carbons (Fsp3) is 0.154. The molecule has 0 saturated carbocycles. The smallest absolute Gasteiger partial charge is 0.278 e. The highest BCUT2D eigenvalue weighted by Gasteiger charge is 2.20. The molecule has 0 bridgehead atoms. The highest BCUT2D eigenvalue weighted by atomic mass is 35.5. The molecule has 0 radical (unpaired) electrons. The lowest BCUT2D eigenvalue weighted by Gasteiger charge is -2.13. The Morgan fingerprint density at radius 3 is 2.35 bits per heavy atom. The van der Waals surface area contributed by atoms with E-state index in [0.29, 0.717) is 29.9 Å². The van der Waals surface area contributed by atoms with Crippen LogP contribution in [0.3, 0.4) is 0 Å². The number of hydrogen-bond acceptors (Lipinski definition) is 4. The molecule has 1 aromatic heterocycles. The number of nitrogens with one attached hydrogen (secondary N) is 1. The highest BCUT2D eigenvalue weighted by Crippen LogP contribution is 2.25. The third-order valence-corrected chi connectivity index (χ3v) is 5.89. The van der Waals surface area contributed by atoms with Crippen molar-refractivity contribution in [2.45, 2.75) is 19.4 Å². The molecule has 1 heterocycles. The molecule has 4 aromatic rings. The van der Waals surface area contributed by atoms with Crippen molar-refractivity contribution in [2.75, 3.05) is 6.54 Å². The van der Waals surface area contributed by atoms with E-state index in [1.165, 1.54) is 22.8 Å². The van der Waals surface area contributed by atoms with Gasteiger partial charge in [-0.2, -0.15) is 0 Å². The van der Waals surface area contributed by atoms with Crippen molar-refractivity contribution in [1.29, 1.82) is 0 Å². The number of halogens is 1. The Bertz CT molecular complexity index is 1400. The van der Waals surface area contributed by atoms with E-state index in [4.69, 9.17) is 11.6 Å². The molecular weight excluding hydrogens is 454 g/mol. The summed E-state index contributed by atoms with van der Waals surface area (Å²) >= 11 is 5.95. The molecule has 8 heteroatoms. The SMILES string of the molecule is O=C(NCCc1ccccc1)c1cc2c([N+](=O)[O-])cccc2n(CCc2ccc(Cl)cc2)c1=O. The maximum Gasteiger partial charge on any atom is 0.278 e. The van der Waals surface area contributed by atoms with Crippen LogP contribution < -0.4 is 10.9 Å². The van der Waals surface area contributed by atoms with Crippen molar-refractivity contribution in [3.05, 3.63) is 121 Å². The predicted octanol–water partition coefficient (Wildman–Crippen LogP) is 4.78. The molecule has 0 spiro atoms. The summed E-state index contributed by atoms with van der Waals surface area (Å²) in [7, 11) is 0. The Morgan fingerprint density at radius 1 is 0.941 bits per heavy atom. The monoisotopic (exact) mass is 475 g/mol. The summed E-state index contributed by atoms with van der Waals surface area (Å²) < 4.78 is 1.43. The van der Waals surface area contributed by atoms with E-state index < -0.39 is 16.4 Å². The van der Waals surface area contributed by atoms with Crippen LogP contribution in [0.4, 0.5) is 5.69 Å². The van der Waals surface area contributed by atoms with Gasteiger partial charge >= 0.3 is 0 Å². The van der Waals surface area contributed by atoms with Gasteiger partial charge in [0.25, 0.3) is 17.2 Å². The van der Waals surface area contributed by atoms with Gasteiger partial charge in [0.05, 0.1) is 15.8 Å². The van der Waals surface area contributed by atoms with Crippen LogP contribution in [0.25, 0.3) is 10.9 Å². The quantitative estimate of drug-likeness (QED) is 0.293. The number of pyridine rings is 1. The van der Waals surface area contributed by atoms with Gasteiger partial charge in [-0.15, -0.1) is 0 Å². The molecule has 34 heavy (non-hydrogen) atoms. The van der Waals surface area contributed by atoms with Gasteiger partial charge in [0.15, 0.2) is 0 Å². The van der Waals surface area contributed by atoms with E-state index in [9.17, 15) is 19.7 Å². The van der Waals surface area contributed by atoms with E-state index in [1.54, 1.807) is 18.2 Å². The highest BCUT2D eigenvalue weighted by molar-refractivity contribution is 6.30. The van der Waals surface area contributed by atoms with Crippen LogP contribution in [0.2, 0.25) is 5.02 Å². The fourth-order valence-electron chi connectivity index (χ4n) is 3.88. The minimum Gasteiger partial charge on any atom is -0.352 e. The van der Waals surface area contributed by atoms with Crippen LogP contribution >= 0.6 is 11.6 Å². The number of fused-ring (bicyclic) bond motifs is 1. The molecule has 0 aliphatic heterocycles. The number of benzene rings is 3. The normalized spacial score (nSPS) is 10.9. The van der Waals surface area contributed by atoms with Gasteiger partial charge in [-0.1, -0.05) is 60.1 Å². The predicted molar refractivity (Wildman–Crippen MR) is 132 cm³/mol. The maximum absolute atomic E-state index is 13.3. The summed E-state index contributed by atoms with van der Waals surface area (Å²) in [6.07, 6.45) is 1.10. The minimum absolute atomic E-state index is 0.119. The number of aryl methyl sites for hydroxylation is 2. The van der Waals surface area contributed by atoms with Gasteiger partial charge in [-0.05, 0) is 48.2 Å². The molecule has 0 unspecified atom stereocenters. The molecule has 1 amide bonds. The minimum atomic E-state index is -0.554. The standard InChI is InChI=1S/C26H22ClN3O4/c27-20-11-9-19(10-12-20)14-16-29-23-7-4-8-24(30(33)34)21(23)17-22(26(29)32)25(31)28-15-13-18-5-2-1-3-6-18/h1-12,17H,13-16H2,(H,28,31). The Hall–Kier alpha value is -3.97. The molecule has 0 saturated heterocycles. The van der Waals surface area contributed by atoms with E-state index in [0.717, 1.165) is 11.1 Å². The van der Waals surface area contributed by atoms with Gasteiger partial charge < -0.3 is 9.88 Å². The first-order valence-electron chi connectivity index (χ1n) is 10.8. The van der Waals surface area contributed by atoms with Crippen molar-refractivity contribution in [1.82, 2.24) is 9.88 Å². The number of nitrogens with zero attached hydrogens (tertiary/aromatic N) is 2. The van der Waals surface area contributed by atoms with E-state index in [1.807, 2.05) is 42.5 Å². The first-order valence-corrected chi connectivity index (χ1v) is 11.2. The molecule has 3 aromatic carbocycles. The molecule has 7 nitrogen and oxygen atoms in total. The number of non-ortho nitro benzene ring substituents is 1. The molecule has 1 N–H and O–H groups in total. The summed E-state index contributed by atoms with van der Waals surface area (Å²) in [6.45, 7) is 0.589. The van der Waals surface area contributed by atoms with Crippen molar-refractivity contribution in [2.24, 2.45) is 0 Å². The van der Waals surface area contributed by atoms with Gasteiger partial charge in [-0.25, -0.2) is 0 Å². The van der Waals surface area contributed by atoms with E-state index in [-0.39, 0.29) is 23.2 Å². The number of amides is 1. The number of carbonyl (C=O) groups is 1. The van der Waals surface area contributed by atoms with Gasteiger partial charge in [-0.3, -0.25) is 19.7 Å². The second-order valence-corrected chi connectivity index (χ2v) is 8.29. The average Bonchev–Trinajstić information content (AvgIpc) is 2.84. The molecule has 4 rings (SSSR count). The van der Waals surface area contributed by atoms with Crippen LogP contribution in [-0.4, -0.2) is 21.9 Å². The van der Waals surface area contributed by atoms with Crippen LogP contribution in [0, 0.1) is 10.1 Å². The van der Waals surface area contributed by atoms with E-state index in [2.05, 4.69) is 5.32 Å². The lowest BCUT2D eigenvalue weighted by atomic mass is 10.1. The third kappa shape index (κ3) is 5.15. The Labute approximate surface area is 200 Å². The van der Waals surface area contributed by atoms with Gasteiger partial charge in [0.2, 0.25) is 0 Å². The maximum atomic E-state index is 13.3. The zero-order valence-corrected chi connectivity index (χ0v) is 19.0. The number of aromatic nitrogens is 1. The Morgan fingerprint density at radius 2 is 1.65 bits per heavy atom. The molecular formula is C26H22ClN3O4. The first kappa shape index (κ1) is 23.2. The van der Waals surface area contributed by atoms with Gasteiger partial charge in [0.1, 0.15) is 5.56 Å². The zero-order valence-electron chi connectivity index (χ0n) is 18.2. The topological polar surface area (TPSA) is 94.2 Å². The van der Waals surface area contributed by atoms with Crippen LogP contribution in [0.1, 0.15) is 21.5 Å². The van der Waals surface area contributed by atoms with Crippen LogP contribution in [0.5, 0.6) is 0 Å². The largest absolute Gasteiger partial charge is 0.352 e.